The van der Waals surface area contributed by atoms with Gasteiger partial charge in [-0.2, -0.15) is 13.1 Å². The molecular weight excluding hydrogens is 634 g/mol. The number of halogens is 1. The molecule has 3 fully saturated rings. The van der Waals surface area contributed by atoms with Crippen molar-refractivity contribution >= 4 is 46.3 Å². The topological polar surface area (TPSA) is 263 Å². The van der Waals surface area contributed by atoms with E-state index in [-0.39, 0.29) is 40.4 Å². The lowest BCUT2D eigenvalue weighted by molar-refractivity contribution is -0.0487. The van der Waals surface area contributed by atoms with Crippen molar-refractivity contribution in [3.63, 3.8) is 0 Å². The van der Waals surface area contributed by atoms with Crippen LogP contribution in [-0.4, -0.2) is 96.1 Å². The Morgan fingerprint density at radius 2 is 1.84 bits per heavy atom. The van der Waals surface area contributed by atoms with E-state index >= 15 is 4.39 Å². The molecule has 3 aliphatic heterocycles. The first kappa shape index (κ1) is 29.3. The third-order valence-corrected chi connectivity index (χ3v) is 9.29. The van der Waals surface area contributed by atoms with Crippen LogP contribution in [0.15, 0.2) is 23.8 Å². The molecule has 3 saturated heterocycles. The number of nitrogens with two attached hydrogens (primary N) is 1. The average molecular weight is 659 g/mol. The van der Waals surface area contributed by atoms with Crippen molar-refractivity contribution in [3.8, 4) is 0 Å². The van der Waals surface area contributed by atoms with E-state index < -0.39 is 79.9 Å². The maximum absolute atomic E-state index is 15.9. The van der Waals surface area contributed by atoms with E-state index in [1.165, 1.54) is 21.8 Å². The molecule has 0 aromatic carbocycles. The molecule has 4 aromatic heterocycles. The Morgan fingerprint density at radius 1 is 1.09 bits per heavy atom. The number of alkyl halides is 1. The van der Waals surface area contributed by atoms with Crippen LogP contribution in [0.5, 0.6) is 0 Å². The molecule has 7 rings (SSSR count). The van der Waals surface area contributed by atoms with Gasteiger partial charge in [0.2, 0.25) is 0 Å². The second-order valence-electron chi connectivity index (χ2n) is 10.2. The van der Waals surface area contributed by atoms with Crippen LogP contribution in [0.3, 0.4) is 0 Å². The number of fused-ring (bicyclic) bond motifs is 5. The van der Waals surface area contributed by atoms with Gasteiger partial charge in [-0.25, -0.2) is 38.1 Å². The van der Waals surface area contributed by atoms with Crippen LogP contribution in [0, 0.1) is 6.92 Å². The highest BCUT2D eigenvalue weighted by atomic mass is 32.2. The molecule has 0 radical (unpaired) electrons. The number of aromatic nitrogens is 8. The lowest BCUT2D eigenvalue weighted by Gasteiger charge is -2.24. The lowest BCUT2D eigenvalue weighted by Crippen LogP contribution is -2.42. The molecule has 44 heavy (non-hydrogen) atoms. The number of phosphoric ester groups is 1. The van der Waals surface area contributed by atoms with E-state index in [1.807, 2.05) is 0 Å². The minimum absolute atomic E-state index is 0.0238. The summed E-state index contributed by atoms with van der Waals surface area (Å²) in [5.41, 5.74) is 5.62. The van der Waals surface area contributed by atoms with Crippen LogP contribution in [0.1, 0.15) is 24.7 Å². The van der Waals surface area contributed by atoms with Gasteiger partial charge < -0.3 is 25.1 Å². The molecule has 8 atom stereocenters. The van der Waals surface area contributed by atoms with Gasteiger partial charge in [0.05, 0.1) is 25.4 Å². The summed E-state index contributed by atoms with van der Waals surface area (Å²) in [5, 5.41) is 0. The van der Waals surface area contributed by atoms with Crippen molar-refractivity contribution in [2.75, 3.05) is 18.9 Å². The molecule has 2 bridgehead atoms. The molecule has 20 nitrogen and oxygen atoms in total. The molecule has 7 heterocycles. The largest absolute Gasteiger partial charge is 0.472 e. The van der Waals surface area contributed by atoms with Crippen LogP contribution < -0.4 is 16.0 Å². The number of hydrogen-bond donors (Lipinski definition) is 4. The van der Waals surface area contributed by atoms with Crippen LogP contribution in [0.25, 0.3) is 22.3 Å². The Labute approximate surface area is 245 Å². The maximum Gasteiger partial charge on any atom is 0.472 e. The second-order valence-corrected chi connectivity index (χ2v) is 13.0. The molecule has 0 amide bonds. The summed E-state index contributed by atoms with van der Waals surface area (Å²) in [7, 11) is -9.57. The molecular formula is C21H24FN10O10PS. The van der Waals surface area contributed by atoms with Crippen LogP contribution in [-0.2, 0) is 37.6 Å². The van der Waals surface area contributed by atoms with Crippen LogP contribution in [0.4, 0.5) is 10.2 Å². The van der Waals surface area contributed by atoms with E-state index in [0.717, 1.165) is 6.33 Å². The van der Waals surface area contributed by atoms with Crippen LogP contribution >= 0.6 is 7.82 Å². The van der Waals surface area contributed by atoms with Crippen molar-refractivity contribution < 1.29 is 45.0 Å². The van der Waals surface area contributed by atoms with E-state index in [9.17, 15) is 22.7 Å². The summed E-state index contributed by atoms with van der Waals surface area (Å²) in [5.74, 6) is 0.292. The first-order valence-electron chi connectivity index (χ1n) is 13.0. The molecule has 0 saturated carbocycles. The number of aryl methyl sites for hydroxylation is 1. The molecule has 3 aliphatic rings. The fourth-order valence-corrected chi connectivity index (χ4v) is 7.29. The second kappa shape index (κ2) is 10.6. The number of phosphoric acid groups is 1. The Morgan fingerprint density at radius 3 is 2.64 bits per heavy atom. The summed E-state index contributed by atoms with van der Waals surface area (Å²) >= 11 is 0. The van der Waals surface area contributed by atoms with Crippen LogP contribution in [0.2, 0.25) is 0 Å². The van der Waals surface area contributed by atoms with Gasteiger partial charge in [-0.15, -0.1) is 0 Å². The minimum Gasteiger partial charge on any atom is -0.382 e. The molecule has 0 spiro atoms. The Kier molecular flexibility index (Phi) is 7.02. The third-order valence-electron chi connectivity index (χ3n) is 7.29. The minimum atomic E-state index is -4.98. The fourth-order valence-electron chi connectivity index (χ4n) is 5.38. The average Bonchev–Trinajstić information content (AvgIpc) is 3.72. The predicted octanol–water partition coefficient (Wildman–Crippen LogP) is -0.891. The first-order chi connectivity index (χ1) is 20.9. The summed E-state index contributed by atoms with van der Waals surface area (Å²) in [6.45, 7) is 0.338. The number of aromatic amines is 1. The Balaban J connectivity index is 1.19. The van der Waals surface area contributed by atoms with Gasteiger partial charge in [-0.1, -0.05) is 0 Å². The van der Waals surface area contributed by atoms with E-state index in [4.69, 9.17) is 28.4 Å². The first-order valence-corrected chi connectivity index (χ1v) is 15.9. The standard InChI is InChI=1S/C21H24FN10O10PS/c1-8-29-18-14(19(33)30-8)27-7-32(18)20-10-2-9(39-20)4-38-43(34,35)41-15-11(3-28-44(36,37)42-10)40-21(12(15)22)31-6-26-13-16(23)24-5-25-17(13)31/h5-7,9-12,15,20-21,28H,2-4H2,1H3,(H,34,35)(H2,23,24,25)(H,29,30,33). The van der Waals surface area contributed by atoms with E-state index in [0.29, 0.717) is 0 Å². The highest BCUT2D eigenvalue weighted by molar-refractivity contribution is 7.84. The zero-order valence-corrected chi connectivity index (χ0v) is 24.2. The molecule has 23 heteroatoms. The third kappa shape index (κ3) is 5.16. The summed E-state index contributed by atoms with van der Waals surface area (Å²) in [6, 6.07) is 0. The summed E-state index contributed by atoms with van der Waals surface area (Å²) < 4.78 is 87.3. The van der Waals surface area contributed by atoms with Gasteiger partial charge in [0, 0.05) is 13.0 Å². The van der Waals surface area contributed by atoms with Crippen molar-refractivity contribution in [1.82, 2.24) is 43.8 Å². The van der Waals surface area contributed by atoms with Crippen molar-refractivity contribution in [1.29, 1.82) is 0 Å². The number of hydrogen-bond acceptors (Lipinski definition) is 15. The monoisotopic (exact) mass is 658 g/mol. The van der Waals surface area contributed by atoms with Gasteiger partial charge in [-0.05, 0) is 6.92 Å². The van der Waals surface area contributed by atoms with Gasteiger partial charge in [0.25, 0.3) is 5.56 Å². The predicted molar refractivity (Wildman–Crippen MR) is 142 cm³/mol. The van der Waals surface area contributed by atoms with Gasteiger partial charge in [-0.3, -0.25) is 23.0 Å². The van der Waals surface area contributed by atoms with Gasteiger partial charge >= 0.3 is 18.1 Å². The molecule has 5 N–H and O–H groups in total. The molecule has 236 valence electrons. The van der Waals surface area contributed by atoms with E-state index in [2.05, 4.69) is 34.6 Å². The van der Waals surface area contributed by atoms with Gasteiger partial charge in [0.15, 0.2) is 41.3 Å². The normalized spacial score (nSPS) is 34.4. The van der Waals surface area contributed by atoms with Gasteiger partial charge in [0.1, 0.15) is 36.0 Å². The highest BCUT2D eigenvalue weighted by Crippen LogP contribution is 2.50. The highest BCUT2D eigenvalue weighted by Gasteiger charge is 2.52. The smallest absolute Gasteiger partial charge is 0.382 e. The quantitative estimate of drug-likeness (QED) is 0.190. The van der Waals surface area contributed by atoms with Crippen molar-refractivity contribution in [3.05, 3.63) is 35.2 Å². The zero-order chi connectivity index (χ0) is 31.0. The number of imidazole rings is 2. The number of rotatable bonds is 2. The summed E-state index contributed by atoms with van der Waals surface area (Å²) in [4.78, 5) is 45.7. The zero-order valence-electron chi connectivity index (χ0n) is 22.5. The molecule has 8 unspecified atom stereocenters. The number of nitrogen functional groups attached to an aromatic ring is 1. The fraction of sp³-hybridized carbons (Fsp3) is 0.524. The lowest BCUT2D eigenvalue weighted by atomic mass is 10.1. The SMILES string of the molecule is Cc1nc2c(ncn2C2OC3COP(=O)(O)OC4C(CNS(=O)(=O)OC2C3)OC(n2cnc3c(N)ncnc32)C4F)c(=O)[nH]1. The Bertz CT molecular complexity index is 1970. The number of ether oxygens (including phenoxy) is 2. The molecule has 4 aromatic rings. The maximum atomic E-state index is 15.9. The van der Waals surface area contributed by atoms with E-state index in [1.54, 1.807) is 6.92 Å². The number of nitrogens with zero attached hydrogens (tertiary/aromatic N) is 7. The molecule has 0 aliphatic carbocycles. The van der Waals surface area contributed by atoms with Crippen molar-refractivity contribution in [2.24, 2.45) is 0 Å². The van der Waals surface area contributed by atoms with Crippen molar-refractivity contribution in [2.45, 2.75) is 56.4 Å². The Hall–Kier alpha value is -3.47. The number of anilines is 1. The summed E-state index contributed by atoms with van der Waals surface area (Å²) in [6.07, 6.45) is -6.89. The number of nitrogens with one attached hydrogen (secondary N) is 2. The number of H-pyrrole nitrogens is 1.